The number of nitrogens with zero attached hydrogens (tertiary/aromatic N) is 3. The second-order valence-electron chi connectivity index (χ2n) is 18.8. The van der Waals surface area contributed by atoms with E-state index in [9.17, 15) is 0 Å². The van der Waals surface area contributed by atoms with Gasteiger partial charge in [0.1, 0.15) is 5.58 Å². The van der Waals surface area contributed by atoms with Crippen LogP contribution in [0.25, 0.3) is 94.0 Å². The number of aromatic nitrogens is 3. The zero-order chi connectivity index (χ0) is 50.9. The van der Waals surface area contributed by atoms with Gasteiger partial charge >= 0.3 is 0 Å². The number of benzene rings is 8. The summed E-state index contributed by atoms with van der Waals surface area (Å²) in [6.07, 6.45) is 1.48. The molecule has 0 spiro atoms. The number of furan rings is 1. The molecule has 0 aliphatic heterocycles. The second kappa shape index (κ2) is 18.2. The number of hydrogen-bond donors (Lipinski definition) is 0. The molecule has 3 aromatic heterocycles. The fraction of sp³-hybridized carbons (Fsp3) is 0.194. The van der Waals surface area contributed by atoms with Crippen LogP contribution in [0.3, 0.4) is 0 Å². The second-order valence-corrected chi connectivity index (χ2v) is 18.8. The maximum atomic E-state index is 8.65. The summed E-state index contributed by atoms with van der Waals surface area (Å²) in [7, 11) is 0. The van der Waals surface area contributed by atoms with Crippen LogP contribution in [-0.2, 0) is 25.5 Å². The van der Waals surface area contributed by atoms with E-state index in [0.717, 1.165) is 71.9 Å². The van der Waals surface area contributed by atoms with Gasteiger partial charge in [-0.2, -0.15) is 0 Å². The number of aryl methyl sites for hydroxylation is 2. The molecule has 0 fully saturated rings. The van der Waals surface area contributed by atoms with Gasteiger partial charge in [-0.15, -0.1) is 54.1 Å². The van der Waals surface area contributed by atoms with Gasteiger partial charge in [0.15, 0.2) is 0 Å². The first kappa shape index (κ1) is 38.5. The Morgan fingerprint density at radius 1 is 0.627 bits per heavy atom. The van der Waals surface area contributed by atoms with E-state index < -0.39 is 13.7 Å². The average Bonchev–Trinajstić information content (AvgIpc) is 3.93. The van der Waals surface area contributed by atoms with E-state index in [4.69, 9.17) is 17.6 Å². The minimum Gasteiger partial charge on any atom is -0.501 e. The van der Waals surface area contributed by atoms with Gasteiger partial charge in [0, 0.05) is 45.6 Å². The minimum absolute atomic E-state index is 0. The van der Waals surface area contributed by atoms with E-state index >= 15 is 0 Å². The molecule has 335 valence electrons. The van der Waals surface area contributed by atoms with E-state index in [2.05, 4.69) is 134 Å². The topological polar surface area (TPSA) is 43.9 Å². The van der Waals surface area contributed by atoms with Crippen LogP contribution in [0, 0.1) is 25.8 Å². The maximum Gasteiger partial charge on any atom is 0.121 e. The van der Waals surface area contributed by atoms with Crippen molar-refractivity contribution in [3.05, 3.63) is 198 Å². The summed E-state index contributed by atoms with van der Waals surface area (Å²) in [5.41, 5.74) is 11.5. The molecule has 0 amide bonds. The van der Waals surface area contributed by atoms with Crippen LogP contribution in [0.2, 0.25) is 0 Å². The molecule has 11 rings (SSSR count). The Kier molecular flexibility index (Phi) is 10.4. The fourth-order valence-electron chi connectivity index (χ4n) is 9.31. The summed E-state index contributed by atoms with van der Waals surface area (Å²) in [6.45, 7) is 10.3. The number of pyridine rings is 1. The Morgan fingerprint density at radius 3 is 2.07 bits per heavy atom. The third-order valence-corrected chi connectivity index (χ3v) is 12.6. The van der Waals surface area contributed by atoms with Gasteiger partial charge in [0.05, 0.1) is 22.4 Å². The van der Waals surface area contributed by atoms with Crippen molar-refractivity contribution in [3.63, 3.8) is 0 Å². The van der Waals surface area contributed by atoms with Crippen molar-refractivity contribution < 1.29 is 32.7 Å². The molecule has 3 heterocycles. The van der Waals surface area contributed by atoms with Gasteiger partial charge in [0.25, 0.3) is 0 Å². The Balaban J connectivity index is 0.000000264. The Hall–Kier alpha value is -6.65. The molecule has 0 saturated heterocycles. The normalized spacial score (nSPS) is 13.5. The van der Waals surface area contributed by atoms with Crippen LogP contribution >= 0.6 is 0 Å². The molecule has 0 atom stereocenters. The van der Waals surface area contributed by atoms with Gasteiger partial charge in [0.2, 0.25) is 0 Å². The van der Waals surface area contributed by atoms with E-state index in [1.807, 2.05) is 75.4 Å². The summed E-state index contributed by atoms with van der Waals surface area (Å²) in [5, 5.41) is 6.59. The third-order valence-electron chi connectivity index (χ3n) is 12.6. The van der Waals surface area contributed by atoms with Crippen LogP contribution in [0.5, 0.6) is 0 Å². The molecule has 0 bridgehead atoms. The van der Waals surface area contributed by atoms with E-state index in [0.29, 0.717) is 33.6 Å². The molecule has 0 aliphatic rings. The minimum atomic E-state index is -2.37. The van der Waals surface area contributed by atoms with E-state index in [1.165, 1.54) is 17.0 Å². The predicted molar refractivity (Wildman–Crippen MR) is 278 cm³/mol. The summed E-state index contributed by atoms with van der Waals surface area (Å²) in [5.74, 6) is 0.840. The molecule has 11 aromatic rings. The smallest absolute Gasteiger partial charge is 0.121 e. The number of fused-ring (bicyclic) bond motifs is 7. The van der Waals surface area contributed by atoms with Gasteiger partial charge in [-0.25, -0.2) is 0 Å². The maximum absolute atomic E-state index is 8.65. The first-order valence-corrected chi connectivity index (χ1v) is 22.7. The van der Waals surface area contributed by atoms with Crippen LogP contribution in [0.4, 0.5) is 0 Å². The zero-order valence-electron chi connectivity index (χ0n) is 44.7. The SMILES string of the molecule is [2H]C([2H])([2H])c1cccc2nc(-c3[c-]ccc4c3oc3cc5c(ccc6ccccc65)cc34)n(-c3c(C(C)C)cc(-c4ccccc4)cc3C(C)C)c12.[2H]C([2H])([2H])c1cnc(-c2[c-]cccc2)cc1C(C)(C)C.[Ir]. The molecule has 67 heavy (non-hydrogen) atoms. The first-order valence-electron chi connectivity index (χ1n) is 25.7. The average molecular weight is 1060 g/mol. The molecule has 0 saturated carbocycles. The van der Waals surface area contributed by atoms with E-state index in [-0.39, 0.29) is 42.9 Å². The number of hydrogen-bond acceptors (Lipinski definition) is 3. The summed E-state index contributed by atoms with van der Waals surface area (Å²) < 4.78 is 57.8. The van der Waals surface area contributed by atoms with Gasteiger partial charge in [-0.1, -0.05) is 144 Å². The quantitative estimate of drug-likeness (QED) is 0.123. The van der Waals surface area contributed by atoms with E-state index in [1.54, 1.807) is 12.1 Å². The molecule has 4 nitrogen and oxygen atoms in total. The van der Waals surface area contributed by atoms with Crippen molar-refractivity contribution in [2.24, 2.45) is 0 Å². The number of para-hydroxylation sites is 1. The van der Waals surface area contributed by atoms with Gasteiger partial charge in [-0.05, 0) is 127 Å². The van der Waals surface area contributed by atoms with Crippen molar-refractivity contribution in [3.8, 4) is 39.5 Å². The largest absolute Gasteiger partial charge is 0.501 e. The molecule has 0 aliphatic carbocycles. The number of imidazole rings is 1. The molecule has 0 unspecified atom stereocenters. The summed E-state index contributed by atoms with van der Waals surface area (Å²) >= 11 is 0. The number of rotatable bonds is 6. The molecule has 8 aromatic carbocycles. The molecular formula is C62H55IrN3O-2. The van der Waals surface area contributed by atoms with Crippen LogP contribution in [0.15, 0.2) is 162 Å². The van der Waals surface area contributed by atoms with Gasteiger partial charge in [-0.3, -0.25) is 4.98 Å². The fourth-order valence-corrected chi connectivity index (χ4v) is 9.31. The van der Waals surface area contributed by atoms with Crippen molar-refractivity contribution >= 4 is 54.5 Å². The van der Waals surface area contributed by atoms with Crippen LogP contribution in [0.1, 0.15) is 96.3 Å². The third kappa shape index (κ3) is 8.41. The van der Waals surface area contributed by atoms with Crippen molar-refractivity contribution in [2.75, 3.05) is 0 Å². The monoisotopic (exact) mass is 1060 g/mol. The van der Waals surface area contributed by atoms with Gasteiger partial charge < -0.3 is 14.0 Å². The van der Waals surface area contributed by atoms with Crippen LogP contribution < -0.4 is 0 Å². The first-order chi connectivity index (χ1) is 34.3. The molecule has 1 radical (unpaired) electrons. The predicted octanol–water partition coefficient (Wildman–Crippen LogP) is 17.1. The summed E-state index contributed by atoms with van der Waals surface area (Å²) in [6, 6.07) is 57.5. The zero-order valence-corrected chi connectivity index (χ0v) is 41.1. The molecular weight excluding hydrogens is 995 g/mol. The molecule has 0 N–H and O–H groups in total. The molecule has 5 heteroatoms. The van der Waals surface area contributed by atoms with Crippen molar-refractivity contribution in [1.82, 2.24) is 14.5 Å². The summed E-state index contributed by atoms with van der Waals surface area (Å²) in [4.78, 5) is 9.55. The standard InChI is InChI=1S/C46H37N2O.C16H18N.Ir/c1-27(2)37-24-33(30-14-7-6-8-15-30)25-38(28(3)4)44(37)48-43-29(5)13-11-20-41(43)47-46(48)36-19-12-18-35-40-23-32-22-21-31-16-9-10-17-34(31)39(32)26-42(40)49-45(35)36;1-12-11-17-15(10-14(12)16(2,3)4)13-8-6-5-7-9-13;/h6-18,20-28H,1-5H3;5-8,10-11H,1-4H3;/q2*-1;/i5D3;1D3;. The van der Waals surface area contributed by atoms with Crippen molar-refractivity contribution in [1.29, 1.82) is 0 Å². The Labute approximate surface area is 416 Å². The Bertz CT molecular complexity index is 3800. The van der Waals surface area contributed by atoms with Crippen LogP contribution in [-0.4, -0.2) is 14.5 Å². The Morgan fingerprint density at radius 2 is 1.36 bits per heavy atom. The van der Waals surface area contributed by atoms with Crippen molar-refractivity contribution in [2.45, 2.75) is 79.4 Å².